The van der Waals surface area contributed by atoms with Gasteiger partial charge in [0.2, 0.25) is 6.79 Å². The second kappa shape index (κ2) is 6.61. The van der Waals surface area contributed by atoms with E-state index in [9.17, 15) is 0 Å². The van der Waals surface area contributed by atoms with Crippen molar-refractivity contribution in [3.05, 3.63) is 77.7 Å². The molecule has 0 saturated carbocycles. The number of fused-ring (bicyclic) bond motifs is 2. The third-order valence-corrected chi connectivity index (χ3v) is 4.77. The number of nitrogens with two attached hydrogens (primary N) is 1. The lowest BCUT2D eigenvalue weighted by Crippen LogP contribution is -2.65. The molecule has 3 heterocycles. The van der Waals surface area contributed by atoms with Gasteiger partial charge in [-0.2, -0.15) is 0 Å². The smallest absolute Gasteiger partial charge is 0.231 e. The van der Waals surface area contributed by atoms with Crippen LogP contribution in [0.3, 0.4) is 0 Å². The number of furan rings is 1. The van der Waals surface area contributed by atoms with Gasteiger partial charge < -0.3 is 24.5 Å². The Kier molecular flexibility index (Phi) is 3.95. The number of rotatable bonds is 4. The minimum absolute atomic E-state index is 0.250. The van der Waals surface area contributed by atoms with Crippen molar-refractivity contribution in [1.29, 1.82) is 0 Å². The van der Waals surface area contributed by atoms with Gasteiger partial charge in [0.25, 0.3) is 0 Å². The van der Waals surface area contributed by atoms with Crippen LogP contribution in [0.5, 0.6) is 11.5 Å². The minimum Gasteiger partial charge on any atom is -0.467 e. The Labute approximate surface area is 162 Å². The minimum atomic E-state index is -0.899. The van der Waals surface area contributed by atoms with Crippen molar-refractivity contribution in [3.63, 3.8) is 0 Å². The highest BCUT2D eigenvalue weighted by molar-refractivity contribution is 6.05. The first kappa shape index (κ1) is 16.7. The molecule has 1 unspecified atom stereocenters. The van der Waals surface area contributed by atoms with E-state index in [1.807, 2.05) is 54.6 Å². The summed E-state index contributed by atoms with van der Waals surface area (Å²) in [5.41, 5.74) is 9.62. The molecule has 0 amide bonds. The summed E-state index contributed by atoms with van der Waals surface area (Å²) in [4.78, 5) is 4.71. The van der Waals surface area contributed by atoms with Crippen LogP contribution in [-0.4, -0.2) is 18.4 Å². The molecule has 7 heteroatoms. The number of para-hydroxylation sites is 1. The fraction of sp³-hybridized carbons (Fsp3) is 0.190. The van der Waals surface area contributed by atoms with E-state index in [0.717, 1.165) is 39.9 Å². The van der Waals surface area contributed by atoms with E-state index in [4.69, 9.17) is 24.6 Å². The van der Waals surface area contributed by atoms with Crippen molar-refractivity contribution in [3.8, 4) is 11.5 Å². The fourth-order valence-electron chi connectivity index (χ4n) is 3.49. The molecule has 5 rings (SSSR count). The lowest BCUT2D eigenvalue weighted by Gasteiger charge is -2.39. The molecule has 0 fully saturated rings. The summed E-state index contributed by atoms with van der Waals surface area (Å²) in [6, 6.07) is 17.6. The van der Waals surface area contributed by atoms with E-state index in [1.165, 1.54) is 0 Å². The number of nitrogens with zero attached hydrogens (tertiary/aromatic N) is 1. The van der Waals surface area contributed by atoms with Crippen LogP contribution < -0.4 is 25.8 Å². The maximum absolute atomic E-state index is 6.69. The summed E-state index contributed by atoms with van der Waals surface area (Å²) in [5.74, 6) is 2.12. The Morgan fingerprint density at radius 1 is 1.00 bits per heavy atom. The first-order valence-electron chi connectivity index (χ1n) is 9.09. The third kappa shape index (κ3) is 3.16. The third-order valence-electron chi connectivity index (χ3n) is 4.77. The normalized spacial score (nSPS) is 21.1. The van der Waals surface area contributed by atoms with Gasteiger partial charge in [0, 0.05) is 17.7 Å². The average molecular weight is 376 g/mol. The van der Waals surface area contributed by atoms with Crippen molar-refractivity contribution >= 4 is 11.5 Å². The predicted molar refractivity (Wildman–Crippen MR) is 105 cm³/mol. The molecule has 4 N–H and O–H groups in total. The molecule has 28 heavy (non-hydrogen) atoms. The average Bonchev–Trinajstić information content (AvgIpc) is 3.37. The lowest BCUT2D eigenvalue weighted by molar-refractivity contribution is 0.174. The molecule has 0 radical (unpaired) electrons. The number of ether oxygens (including phenoxy) is 2. The molecule has 1 aromatic heterocycles. The van der Waals surface area contributed by atoms with E-state index >= 15 is 0 Å². The summed E-state index contributed by atoms with van der Waals surface area (Å²) in [7, 11) is 0. The van der Waals surface area contributed by atoms with Crippen molar-refractivity contribution in [2.45, 2.75) is 18.8 Å². The number of hydrogen-bond donors (Lipinski definition) is 3. The molecule has 2 aliphatic heterocycles. The number of nitrogens with one attached hydrogen (secondary N) is 2. The van der Waals surface area contributed by atoms with Gasteiger partial charge in [-0.15, -0.1) is 0 Å². The molecule has 0 spiro atoms. The highest BCUT2D eigenvalue weighted by Gasteiger charge is 2.33. The van der Waals surface area contributed by atoms with Crippen LogP contribution in [0.1, 0.15) is 16.9 Å². The zero-order chi connectivity index (χ0) is 19.0. The van der Waals surface area contributed by atoms with Crippen molar-refractivity contribution in [2.24, 2.45) is 10.7 Å². The van der Waals surface area contributed by atoms with Crippen LogP contribution in [0.25, 0.3) is 0 Å². The van der Waals surface area contributed by atoms with Gasteiger partial charge in [0.1, 0.15) is 11.6 Å². The van der Waals surface area contributed by atoms with Crippen LogP contribution >= 0.6 is 0 Å². The zero-order valence-corrected chi connectivity index (χ0v) is 15.1. The Morgan fingerprint density at radius 2 is 1.89 bits per heavy atom. The van der Waals surface area contributed by atoms with Crippen molar-refractivity contribution < 1.29 is 13.9 Å². The first-order valence-corrected chi connectivity index (χ1v) is 9.09. The maximum Gasteiger partial charge on any atom is 0.231 e. The summed E-state index contributed by atoms with van der Waals surface area (Å²) < 4.78 is 16.3. The molecule has 0 saturated heterocycles. The number of amidine groups is 1. The molecule has 2 aliphatic rings. The first-order chi connectivity index (χ1) is 13.7. The molecule has 0 aliphatic carbocycles. The van der Waals surface area contributed by atoms with Gasteiger partial charge in [0.05, 0.1) is 12.8 Å². The van der Waals surface area contributed by atoms with Gasteiger partial charge in [-0.1, -0.05) is 18.2 Å². The largest absolute Gasteiger partial charge is 0.467 e. The van der Waals surface area contributed by atoms with Crippen LogP contribution in [0, 0.1) is 0 Å². The van der Waals surface area contributed by atoms with E-state index in [0.29, 0.717) is 13.0 Å². The number of hydrogen-bond acceptors (Lipinski definition) is 6. The van der Waals surface area contributed by atoms with Crippen LogP contribution in [0.4, 0.5) is 5.69 Å². The summed E-state index contributed by atoms with van der Waals surface area (Å²) in [6.07, 6.45) is 2.17. The second-order valence-corrected chi connectivity index (χ2v) is 6.88. The molecular formula is C21H20N4O3. The molecule has 1 atom stereocenters. The topological polar surface area (TPSA) is 94.0 Å². The van der Waals surface area contributed by atoms with Gasteiger partial charge in [0.15, 0.2) is 17.3 Å². The van der Waals surface area contributed by atoms with Crippen molar-refractivity contribution in [1.82, 2.24) is 5.32 Å². The van der Waals surface area contributed by atoms with Crippen LogP contribution in [0.15, 0.2) is 70.3 Å². The predicted octanol–water partition coefficient (Wildman–Crippen LogP) is 2.83. The Hall–Kier alpha value is -3.45. The molecule has 3 aromatic rings. The number of anilines is 1. The summed E-state index contributed by atoms with van der Waals surface area (Å²) in [5, 5.41) is 6.77. The van der Waals surface area contributed by atoms with Crippen LogP contribution in [-0.2, 0) is 13.0 Å². The van der Waals surface area contributed by atoms with Gasteiger partial charge in [-0.05, 0) is 42.0 Å². The molecule has 0 bridgehead atoms. The Morgan fingerprint density at radius 3 is 2.79 bits per heavy atom. The Bertz CT molecular complexity index is 1030. The molecular weight excluding hydrogens is 356 g/mol. The molecule has 7 nitrogen and oxygen atoms in total. The Balaban J connectivity index is 1.44. The van der Waals surface area contributed by atoms with E-state index < -0.39 is 5.79 Å². The quantitative estimate of drug-likeness (QED) is 0.648. The second-order valence-electron chi connectivity index (χ2n) is 6.88. The standard InChI is InChI=1S/C21H20N4O3/c22-21(11-14-7-8-18-19(10-14)28-13-27-18)24-17-6-2-1-5-16(17)20(25-21)23-12-15-4-3-9-26-15/h1-10,24H,11-13,22H2,(H,23,25). The summed E-state index contributed by atoms with van der Waals surface area (Å²) >= 11 is 0. The maximum atomic E-state index is 6.69. The number of aliphatic imine (C=N–C) groups is 1. The van der Waals surface area contributed by atoms with E-state index in [1.54, 1.807) is 6.26 Å². The highest BCUT2D eigenvalue weighted by atomic mass is 16.7. The molecule has 2 aromatic carbocycles. The zero-order valence-electron chi connectivity index (χ0n) is 15.1. The SMILES string of the molecule is NC1(Cc2ccc3c(c2)OCO3)NC(=NCc2ccco2)c2ccccc2N1. The van der Waals surface area contributed by atoms with Gasteiger partial charge >= 0.3 is 0 Å². The lowest BCUT2D eigenvalue weighted by atomic mass is 10.0. The van der Waals surface area contributed by atoms with E-state index in [-0.39, 0.29) is 6.79 Å². The fourth-order valence-corrected chi connectivity index (χ4v) is 3.49. The highest BCUT2D eigenvalue weighted by Crippen LogP contribution is 2.34. The van der Waals surface area contributed by atoms with Gasteiger partial charge in [-0.3, -0.25) is 10.7 Å². The monoisotopic (exact) mass is 376 g/mol. The van der Waals surface area contributed by atoms with Gasteiger partial charge in [-0.25, -0.2) is 0 Å². The van der Waals surface area contributed by atoms with Crippen molar-refractivity contribution in [2.75, 3.05) is 12.1 Å². The summed E-state index contributed by atoms with van der Waals surface area (Å²) in [6.45, 7) is 0.684. The number of benzene rings is 2. The van der Waals surface area contributed by atoms with E-state index in [2.05, 4.69) is 10.6 Å². The van der Waals surface area contributed by atoms with Crippen LogP contribution in [0.2, 0.25) is 0 Å². The molecule has 142 valence electrons.